The van der Waals surface area contributed by atoms with Gasteiger partial charge in [0.15, 0.2) is 5.82 Å². The first-order valence-electron chi connectivity index (χ1n) is 7.56. The third-order valence-electron chi connectivity index (χ3n) is 4.18. The molecule has 2 aromatic rings. The first-order valence-corrected chi connectivity index (χ1v) is 7.56. The van der Waals surface area contributed by atoms with Crippen LogP contribution in [0, 0.1) is 26.7 Å². The standard InChI is InChI=1S/C17H19N3O3/c1-10-4-5-14(6-11(10)2)20-9-13(8-16(20)21)17(22)18-15-7-12(3)23-19-15/h4-7,13H,8-9H2,1-3H3,(H,18,19,22). The second-order valence-electron chi connectivity index (χ2n) is 5.99. The zero-order chi connectivity index (χ0) is 16.6. The number of hydrogen-bond donors (Lipinski definition) is 1. The summed E-state index contributed by atoms with van der Waals surface area (Å²) in [6.45, 7) is 6.17. The zero-order valence-electron chi connectivity index (χ0n) is 13.4. The van der Waals surface area contributed by atoms with Gasteiger partial charge in [0.25, 0.3) is 0 Å². The molecule has 2 heterocycles. The van der Waals surface area contributed by atoms with Crippen molar-refractivity contribution in [1.82, 2.24) is 5.16 Å². The lowest BCUT2D eigenvalue weighted by Crippen LogP contribution is -2.28. The highest BCUT2D eigenvalue weighted by Crippen LogP contribution is 2.27. The Hall–Kier alpha value is -2.63. The van der Waals surface area contributed by atoms with E-state index in [4.69, 9.17) is 4.52 Å². The van der Waals surface area contributed by atoms with E-state index in [2.05, 4.69) is 10.5 Å². The van der Waals surface area contributed by atoms with Crippen molar-refractivity contribution in [2.24, 2.45) is 5.92 Å². The predicted octanol–water partition coefficient (Wildman–Crippen LogP) is 2.59. The van der Waals surface area contributed by atoms with Gasteiger partial charge in [-0.25, -0.2) is 0 Å². The summed E-state index contributed by atoms with van der Waals surface area (Å²) >= 11 is 0. The molecule has 1 aromatic heterocycles. The molecule has 0 radical (unpaired) electrons. The monoisotopic (exact) mass is 313 g/mol. The summed E-state index contributed by atoms with van der Waals surface area (Å²) in [6, 6.07) is 7.54. The quantitative estimate of drug-likeness (QED) is 0.945. The molecule has 2 amide bonds. The molecule has 1 atom stereocenters. The number of benzene rings is 1. The third-order valence-corrected chi connectivity index (χ3v) is 4.18. The van der Waals surface area contributed by atoms with E-state index in [0.717, 1.165) is 11.3 Å². The third kappa shape index (κ3) is 3.11. The Balaban J connectivity index is 1.71. The van der Waals surface area contributed by atoms with Gasteiger partial charge in [-0.2, -0.15) is 0 Å². The van der Waals surface area contributed by atoms with Crippen LogP contribution in [0.3, 0.4) is 0 Å². The number of hydrogen-bond acceptors (Lipinski definition) is 4. The Morgan fingerprint density at radius 1 is 1.26 bits per heavy atom. The molecule has 0 aliphatic carbocycles. The highest BCUT2D eigenvalue weighted by atomic mass is 16.5. The number of aryl methyl sites for hydroxylation is 3. The van der Waals surface area contributed by atoms with Gasteiger partial charge in [0.05, 0.1) is 5.92 Å². The predicted molar refractivity (Wildman–Crippen MR) is 86.2 cm³/mol. The molecule has 1 fully saturated rings. The van der Waals surface area contributed by atoms with Crippen LogP contribution in [0.25, 0.3) is 0 Å². The number of carbonyl (C=O) groups excluding carboxylic acids is 2. The summed E-state index contributed by atoms with van der Waals surface area (Å²) in [5.74, 6) is 0.368. The van der Waals surface area contributed by atoms with E-state index < -0.39 is 0 Å². The normalized spacial score (nSPS) is 17.6. The minimum Gasteiger partial charge on any atom is -0.360 e. The molecule has 1 N–H and O–H groups in total. The van der Waals surface area contributed by atoms with E-state index in [1.165, 1.54) is 5.56 Å². The lowest BCUT2D eigenvalue weighted by Gasteiger charge is -2.17. The summed E-state index contributed by atoms with van der Waals surface area (Å²) < 4.78 is 4.92. The van der Waals surface area contributed by atoms with Crippen molar-refractivity contribution in [3.8, 4) is 0 Å². The summed E-state index contributed by atoms with van der Waals surface area (Å²) in [5.41, 5.74) is 3.14. The highest BCUT2D eigenvalue weighted by molar-refractivity contribution is 6.03. The van der Waals surface area contributed by atoms with E-state index >= 15 is 0 Å². The minimum atomic E-state index is -0.388. The second kappa shape index (κ2) is 5.87. The molecule has 3 rings (SSSR count). The average molecular weight is 313 g/mol. The van der Waals surface area contributed by atoms with E-state index in [1.807, 2.05) is 32.0 Å². The van der Waals surface area contributed by atoms with Crippen molar-refractivity contribution in [3.05, 3.63) is 41.2 Å². The summed E-state index contributed by atoms with van der Waals surface area (Å²) in [7, 11) is 0. The zero-order valence-corrected chi connectivity index (χ0v) is 13.4. The van der Waals surface area contributed by atoms with Gasteiger partial charge in [0, 0.05) is 24.7 Å². The summed E-state index contributed by atoms with van der Waals surface area (Å²) in [6.07, 6.45) is 0.204. The molecule has 6 heteroatoms. The van der Waals surface area contributed by atoms with E-state index in [-0.39, 0.29) is 24.2 Å². The van der Waals surface area contributed by atoms with E-state index in [9.17, 15) is 9.59 Å². The Morgan fingerprint density at radius 2 is 2.04 bits per heavy atom. The fourth-order valence-corrected chi connectivity index (χ4v) is 2.68. The van der Waals surface area contributed by atoms with Crippen LogP contribution in [0.5, 0.6) is 0 Å². The molecule has 1 saturated heterocycles. The lowest BCUT2D eigenvalue weighted by atomic mass is 10.1. The SMILES string of the molecule is Cc1cc(NC(=O)C2CC(=O)N(c3ccc(C)c(C)c3)C2)no1. The maximum Gasteiger partial charge on any atom is 0.231 e. The van der Waals surface area contributed by atoms with Gasteiger partial charge in [0.1, 0.15) is 5.76 Å². The number of amides is 2. The van der Waals surface area contributed by atoms with Crippen LogP contribution in [0.2, 0.25) is 0 Å². The molecule has 1 aliphatic rings. The molecule has 0 spiro atoms. The van der Waals surface area contributed by atoms with E-state index in [0.29, 0.717) is 18.1 Å². The van der Waals surface area contributed by atoms with Crippen LogP contribution in [0.15, 0.2) is 28.8 Å². The van der Waals surface area contributed by atoms with E-state index in [1.54, 1.807) is 17.9 Å². The van der Waals surface area contributed by atoms with Crippen molar-refractivity contribution >= 4 is 23.3 Å². The van der Waals surface area contributed by atoms with Gasteiger partial charge in [-0.05, 0) is 44.0 Å². The number of aromatic nitrogens is 1. The van der Waals surface area contributed by atoms with Crippen LogP contribution >= 0.6 is 0 Å². The van der Waals surface area contributed by atoms with Crippen molar-refractivity contribution < 1.29 is 14.1 Å². The number of nitrogens with one attached hydrogen (secondary N) is 1. The van der Waals surface area contributed by atoms with Crippen LogP contribution < -0.4 is 10.2 Å². The fraction of sp³-hybridized carbons (Fsp3) is 0.353. The van der Waals surface area contributed by atoms with Gasteiger partial charge >= 0.3 is 0 Å². The number of anilines is 2. The molecule has 0 saturated carbocycles. The summed E-state index contributed by atoms with van der Waals surface area (Å²) in [4.78, 5) is 26.2. The highest BCUT2D eigenvalue weighted by Gasteiger charge is 2.35. The van der Waals surface area contributed by atoms with Gasteiger partial charge < -0.3 is 14.7 Å². The maximum atomic E-state index is 12.3. The van der Waals surface area contributed by atoms with Gasteiger partial charge in [-0.1, -0.05) is 11.2 Å². The van der Waals surface area contributed by atoms with Gasteiger partial charge in [0.2, 0.25) is 11.8 Å². The molecule has 0 bridgehead atoms. The molecule has 120 valence electrons. The smallest absolute Gasteiger partial charge is 0.231 e. The Bertz CT molecular complexity index is 766. The molecule has 1 aliphatic heterocycles. The lowest BCUT2D eigenvalue weighted by molar-refractivity contribution is -0.122. The van der Waals surface area contributed by atoms with Crippen LogP contribution in [0.4, 0.5) is 11.5 Å². The summed E-state index contributed by atoms with van der Waals surface area (Å²) in [5, 5.41) is 6.43. The topological polar surface area (TPSA) is 75.4 Å². The molecular formula is C17H19N3O3. The largest absolute Gasteiger partial charge is 0.360 e. The van der Waals surface area contributed by atoms with Crippen molar-refractivity contribution in [1.29, 1.82) is 0 Å². The molecule has 1 unspecified atom stereocenters. The van der Waals surface area contributed by atoms with Crippen LogP contribution in [-0.2, 0) is 9.59 Å². The second-order valence-corrected chi connectivity index (χ2v) is 5.99. The average Bonchev–Trinajstić information content (AvgIpc) is 3.08. The molecule has 6 nitrogen and oxygen atoms in total. The molecule has 23 heavy (non-hydrogen) atoms. The number of carbonyl (C=O) groups is 2. The minimum absolute atomic E-state index is 0.0373. The number of nitrogens with zero attached hydrogens (tertiary/aromatic N) is 2. The Morgan fingerprint density at radius 3 is 2.70 bits per heavy atom. The van der Waals surface area contributed by atoms with Crippen molar-refractivity contribution in [2.75, 3.05) is 16.8 Å². The van der Waals surface area contributed by atoms with Crippen molar-refractivity contribution in [2.45, 2.75) is 27.2 Å². The Kier molecular flexibility index (Phi) is 3.90. The van der Waals surface area contributed by atoms with Crippen LogP contribution in [-0.4, -0.2) is 23.5 Å². The fourth-order valence-electron chi connectivity index (χ4n) is 2.68. The Labute approximate surface area is 134 Å². The van der Waals surface area contributed by atoms with Crippen molar-refractivity contribution in [3.63, 3.8) is 0 Å². The van der Waals surface area contributed by atoms with Gasteiger partial charge in [-0.15, -0.1) is 0 Å². The molecule has 1 aromatic carbocycles. The number of rotatable bonds is 3. The molecular weight excluding hydrogens is 294 g/mol. The van der Waals surface area contributed by atoms with Crippen LogP contribution in [0.1, 0.15) is 23.3 Å². The van der Waals surface area contributed by atoms with Gasteiger partial charge in [-0.3, -0.25) is 9.59 Å². The first-order chi connectivity index (χ1) is 10.9. The maximum absolute atomic E-state index is 12.3. The first kappa shape index (κ1) is 15.3.